The molecule has 1 aromatic rings. The zero-order chi connectivity index (χ0) is 15.3. The minimum atomic E-state index is -1.27. The topological polar surface area (TPSA) is 81.7 Å². The van der Waals surface area contributed by atoms with Gasteiger partial charge in [-0.1, -0.05) is 13.0 Å². The van der Waals surface area contributed by atoms with Gasteiger partial charge in [-0.3, -0.25) is 0 Å². The van der Waals surface area contributed by atoms with Crippen LogP contribution >= 0.6 is 0 Å². The number of carbonyl (C=O) groups excluding carboxylic acids is 1. The fourth-order valence-corrected chi connectivity index (χ4v) is 1.57. The number of urea groups is 1. The lowest BCUT2D eigenvalue weighted by atomic mass is 10.00. The van der Waals surface area contributed by atoms with Gasteiger partial charge in [0.05, 0.1) is 0 Å². The summed E-state index contributed by atoms with van der Waals surface area (Å²) in [5, 5.41) is 14.2. The first kappa shape index (κ1) is 15.8. The lowest BCUT2D eigenvalue weighted by Crippen LogP contribution is -2.53. The highest BCUT2D eigenvalue weighted by molar-refractivity contribution is 5.94. The van der Waals surface area contributed by atoms with Crippen LogP contribution < -0.4 is 15.5 Å². The lowest BCUT2D eigenvalue weighted by molar-refractivity contribution is -0.143. The molecule has 20 heavy (non-hydrogen) atoms. The molecule has 0 bridgehead atoms. The van der Waals surface area contributed by atoms with E-state index in [0.29, 0.717) is 12.1 Å². The van der Waals surface area contributed by atoms with Gasteiger partial charge in [0.2, 0.25) is 0 Å². The third-order valence-electron chi connectivity index (χ3n) is 3.19. The van der Waals surface area contributed by atoms with E-state index >= 15 is 0 Å². The van der Waals surface area contributed by atoms with Crippen molar-refractivity contribution in [3.8, 4) is 0 Å². The van der Waals surface area contributed by atoms with E-state index in [0.717, 1.165) is 5.69 Å². The molecule has 0 saturated carbocycles. The highest BCUT2D eigenvalue weighted by Gasteiger charge is 2.32. The van der Waals surface area contributed by atoms with Crippen LogP contribution in [0.25, 0.3) is 0 Å². The predicted molar refractivity (Wildman–Crippen MR) is 79.3 cm³/mol. The van der Waals surface area contributed by atoms with Crippen molar-refractivity contribution < 1.29 is 14.7 Å². The van der Waals surface area contributed by atoms with Crippen molar-refractivity contribution in [1.82, 2.24) is 5.32 Å². The second kappa shape index (κ2) is 6.27. The molecule has 1 rings (SSSR count). The van der Waals surface area contributed by atoms with Crippen molar-refractivity contribution in [3.63, 3.8) is 0 Å². The Morgan fingerprint density at radius 2 is 2.00 bits per heavy atom. The van der Waals surface area contributed by atoms with Gasteiger partial charge in [0.1, 0.15) is 5.54 Å². The molecular weight excluding hydrogens is 258 g/mol. The van der Waals surface area contributed by atoms with Crippen molar-refractivity contribution in [2.45, 2.75) is 25.8 Å². The Morgan fingerprint density at radius 3 is 2.50 bits per heavy atom. The van der Waals surface area contributed by atoms with Crippen LogP contribution in [0.1, 0.15) is 20.3 Å². The van der Waals surface area contributed by atoms with Gasteiger partial charge in [0.25, 0.3) is 0 Å². The van der Waals surface area contributed by atoms with Gasteiger partial charge in [-0.2, -0.15) is 0 Å². The molecule has 0 aliphatic carbocycles. The Balaban J connectivity index is 2.76. The molecule has 0 aromatic heterocycles. The number of carboxylic acid groups (broad SMARTS) is 1. The quantitative estimate of drug-likeness (QED) is 0.771. The third kappa shape index (κ3) is 3.88. The summed E-state index contributed by atoms with van der Waals surface area (Å²) >= 11 is 0. The fourth-order valence-electron chi connectivity index (χ4n) is 1.57. The molecule has 3 N–H and O–H groups in total. The minimum absolute atomic E-state index is 0.299. The number of benzene rings is 1. The number of nitrogens with zero attached hydrogens (tertiary/aromatic N) is 1. The molecule has 6 heteroatoms. The maximum Gasteiger partial charge on any atom is 0.329 e. The van der Waals surface area contributed by atoms with Crippen LogP contribution in [0.5, 0.6) is 0 Å². The molecule has 0 aliphatic rings. The summed E-state index contributed by atoms with van der Waals surface area (Å²) in [6, 6.07) is 6.76. The Kier molecular flexibility index (Phi) is 4.96. The van der Waals surface area contributed by atoms with Gasteiger partial charge in [-0.15, -0.1) is 0 Å². The molecule has 0 fully saturated rings. The normalized spacial score (nSPS) is 13.2. The first-order valence-corrected chi connectivity index (χ1v) is 6.38. The number of anilines is 2. The second-order valence-corrected chi connectivity index (χ2v) is 5.01. The largest absolute Gasteiger partial charge is 0.480 e. The van der Waals surface area contributed by atoms with Gasteiger partial charge in [-0.05, 0) is 31.5 Å². The zero-order valence-electron chi connectivity index (χ0n) is 12.2. The Labute approximate surface area is 118 Å². The summed E-state index contributed by atoms with van der Waals surface area (Å²) in [7, 11) is 3.80. The van der Waals surface area contributed by atoms with Crippen LogP contribution in [-0.4, -0.2) is 36.7 Å². The average Bonchev–Trinajstić information content (AvgIpc) is 2.38. The number of amides is 2. The SMILES string of the molecule is CCC(C)(NC(=O)Nc1cccc(N(C)C)c1)C(=O)O. The number of carboxylic acids is 1. The van der Waals surface area contributed by atoms with Gasteiger partial charge in [0.15, 0.2) is 0 Å². The van der Waals surface area contributed by atoms with E-state index in [9.17, 15) is 9.59 Å². The third-order valence-corrected chi connectivity index (χ3v) is 3.19. The summed E-state index contributed by atoms with van der Waals surface area (Å²) in [6.07, 6.45) is 0.299. The predicted octanol–water partition coefficient (Wildman–Crippen LogP) is 2.13. The van der Waals surface area contributed by atoms with Crippen molar-refractivity contribution in [1.29, 1.82) is 0 Å². The second-order valence-electron chi connectivity index (χ2n) is 5.01. The molecule has 0 saturated heterocycles. The Morgan fingerprint density at radius 1 is 1.35 bits per heavy atom. The highest BCUT2D eigenvalue weighted by Crippen LogP contribution is 2.17. The van der Waals surface area contributed by atoms with Crippen LogP contribution in [-0.2, 0) is 4.79 Å². The molecule has 1 unspecified atom stereocenters. The van der Waals surface area contributed by atoms with E-state index in [4.69, 9.17) is 5.11 Å². The summed E-state index contributed by atoms with van der Waals surface area (Å²) in [4.78, 5) is 24.9. The maximum atomic E-state index is 11.9. The van der Waals surface area contributed by atoms with Crippen LogP contribution in [0, 0.1) is 0 Å². The van der Waals surface area contributed by atoms with E-state index in [-0.39, 0.29) is 0 Å². The van der Waals surface area contributed by atoms with Crippen LogP contribution in [0.2, 0.25) is 0 Å². The number of aliphatic carboxylic acids is 1. The molecule has 1 atom stereocenters. The van der Waals surface area contributed by atoms with E-state index in [2.05, 4.69) is 10.6 Å². The van der Waals surface area contributed by atoms with Crippen LogP contribution in [0.3, 0.4) is 0 Å². The smallest absolute Gasteiger partial charge is 0.329 e. The number of rotatable bonds is 5. The Bertz CT molecular complexity index is 502. The van der Waals surface area contributed by atoms with Gasteiger partial charge < -0.3 is 20.6 Å². The van der Waals surface area contributed by atoms with Crippen molar-refractivity contribution in [2.75, 3.05) is 24.3 Å². The molecule has 0 radical (unpaired) electrons. The van der Waals surface area contributed by atoms with Crippen LogP contribution in [0.4, 0.5) is 16.2 Å². The number of carbonyl (C=O) groups is 2. The summed E-state index contributed by atoms with van der Waals surface area (Å²) in [5.41, 5.74) is 0.278. The standard InChI is InChI=1S/C14H21N3O3/c1-5-14(2,12(18)19)16-13(20)15-10-7-6-8-11(9-10)17(3)4/h6-9H,5H2,1-4H3,(H,18,19)(H2,15,16,20). The molecule has 2 amide bonds. The summed E-state index contributed by atoms with van der Waals surface area (Å²) in [6.45, 7) is 3.19. The fraction of sp³-hybridized carbons (Fsp3) is 0.429. The average molecular weight is 279 g/mol. The van der Waals surface area contributed by atoms with E-state index in [1.54, 1.807) is 13.0 Å². The van der Waals surface area contributed by atoms with Crippen molar-refractivity contribution >= 4 is 23.4 Å². The zero-order valence-corrected chi connectivity index (χ0v) is 12.2. The van der Waals surface area contributed by atoms with E-state index < -0.39 is 17.5 Å². The van der Waals surface area contributed by atoms with Crippen LogP contribution in [0.15, 0.2) is 24.3 Å². The summed E-state index contributed by atoms with van der Waals surface area (Å²) in [5.74, 6) is -1.06. The van der Waals surface area contributed by atoms with E-state index in [1.165, 1.54) is 6.92 Å². The monoisotopic (exact) mass is 279 g/mol. The molecule has 1 aromatic carbocycles. The van der Waals surface area contributed by atoms with Gasteiger partial charge >= 0.3 is 12.0 Å². The van der Waals surface area contributed by atoms with Crippen molar-refractivity contribution in [2.24, 2.45) is 0 Å². The van der Waals surface area contributed by atoms with E-state index in [1.807, 2.05) is 37.2 Å². The number of hydrogen-bond donors (Lipinski definition) is 3. The van der Waals surface area contributed by atoms with Crippen molar-refractivity contribution in [3.05, 3.63) is 24.3 Å². The molecule has 0 aliphatic heterocycles. The first-order chi connectivity index (χ1) is 9.28. The lowest BCUT2D eigenvalue weighted by Gasteiger charge is -2.24. The van der Waals surface area contributed by atoms with Gasteiger partial charge in [-0.25, -0.2) is 9.59 Å². The summed E-state index contributed by atoms with van der Waals surface area (Å²) < 4.78 is 0. The maximum absolute atomic E-state index is 11.9. The minimum Gasteiger partial charge on any atom is -0.480 e. The first-order valence-electron chi connectivity index (χ1n) is 6.38. The highest BCUT2D eigenvalue weighted by atomic mass is 16.4. The number of hydrogen-bond acceptors (Lipinski definition) is 3. The molecular formula is C14H21N3O3. The molecule has 0 heterocycles. The number of nitrogens with one attached hydrogen (secondary N) is 2. The molecule has 0 spiro atoms. The van der Waals surface area contributed by atoms with Gasteiger partial charge in [0, 0.05) is 25.5 Å². The Hall–Kier alpha value is -2.24. The molecule has 6 nitrogen and oxygen atoms in total. The molecule has 110 valence electrons.